The number of ether oxygens (including phenoxy) is 1. The van der Waals surface area contributed by atoms with Crippen molar-refractivity contribution in [3.05, 3.63) is 28.3 Å². The summed E-state index contributed by atoms with van der Waals surface area (Å²) in [5.41, 5.74) is 0.521. The Bertz CT molecular complexity index is 464. The van der Waals surface area contributed by atoms with Crippen molar-refractivity contribution in [1.82, 2.24) is 5.32 Å². The van der Waals surface area contributed by atoms with Gasteiger partial charge in [0, 0.05) is 12.1 Å². The van der Waals surface area contributed by atoms with Gasteiger partial charge in [0.1, 0.15) is 5.69 Å². The molecule has 1 aliphatic heterocycles. The van der Waals surface area contributed by atoms with Crippen LogP contribution >= 0.6 is 0 Å². The van der Waals surface area contributed by atoms with Gasteiger partial charge in [-0.1, -0.05) is 6.07 Å². The second kappa shape index (κ2) is 5.88. The molecule has 2 N–H and O–H groups in total. The van der Waals surface area contributed by atoms with Gasteiger partial charge in [0.2, 0.25) is 0 Å². The minimum atomic E-state index is -0.401. The van der Waals surface area contributed by atoms with Crippen LogP contribution in [-0.4, -0.2) is 30.7 Å². The lowest BCUT2D eigenvalue weighted by atomic mass is 9.99. The zero-order valence-electron chi connectivity index (χ0n) is 11.2. The number of piperidine rings is 1. The molecule has 6 heteroatoms. The van der Waals surface area contributed by atoms with Gasteiger partial charge in [-0.15, -0.1) is 0 Å². The highest BCUT2D eigenvalue weighted by atomic mass is 16.6. The highest BCUT2D eigenvalue weighted by Crippen LogP contribution is 2.35. The van der Waals surface area contributed by atoms with Crippen molar-refractivity contribution in [2.75, 3.05) is 19.0 Å². The van der Waals surface area contributed by atoms with Crippen LogP contribution in [0.4, 0.5) is 11.4 Å². The first-order valence-electron chi connectivity index (χ1n) is 6.44. The number of nitro benzene ring substituents is 1. The van der Waals surface area contributed by atoms with Crippen molar-refractivity contribution < 1.29 is 9.66 Å². The van der Waals surface area contributed by atoms with Gasteiger partial charge < -0.3 is 15.4 Å². The van der Waals surface area contributed by atoms with Crippen molar-refractivity contribution in [2.24, 2.45) is 0 Å². The molecule has 0 aliphatic carbocycles. The molecule has 0 radical (unpaired) electrons. The molecule has 1 aromatic rings. The van der Waals surface area contributed by atoms with Crippen molar-refractivity contribution in [3.63, 3.8) is 0 Å². The largest absolute Gasteiger partial charge is 0.490 e. The molecule has 0 bridgehead atoms. The number of para-hydroxylation sites is 1. The number of anilines is 1. The molecule has 0 spiro atoms. The number of benzene rings is 1. The lowest BCUT2D eigenvalue weighted by molar-refractivity contribution is -0.384. The Kier molecular flexibility index (Phi) is 4.21. The van der Waals surface area contributed by atoms with Gasteiger partial charge in [-0.25, -0.2) is 0 Å². The average molecular weight is 265 g/mol. The molecule has 19 heavy (non-hydrogen) atoms. The van der Waals surface area contributed by atoms with Crippen LogP contribution in [0.2, 0.25) is 0 Å². The van der Waals surface area contributed by atoms with Crippen LogP contribution in [0.1, 0.15) is 19.8 Å². The Labute approximate surface area is 112 Å². The van der Waals surface area contributed by atoms with E-state index in [1.54, 1.807) is 18.2 Å². The summed E-state index contributed by atoms with van der Waals surface area (Å²) in [5.74, 6) is 0.284. The van der Waals surface area contributed by atoms with E-state index < -0.39 is 4.92 Å². The predicted molar refractivity (Wildman–Crippen MR) is 73.8 cm³/mol. The zero-order valence-corrected chi connectivity index (χ0v) is 11.2. The molecule has 0 amide bonds. The molecule has 2 unspecified atom stereocenters. The first kappa shape index (κ1) is 13.6. The van der Waals surface area contributed by atoms with Crippen LogP contribution < -0.4 is 15.4 Å². The maximum absolute atomic E-state index is 11.2. The van der Waals surface area contributed by atoms with Gasteiger partial charge in [0.25, 0.3) is 0 Å². The topological polar surface area (TPSA) is 76.4 Å². The van der Waals surface area contributed by atoms with Crippen molar-refractivity contribution in [1.29, 1.82) is 0 Å². The third-order valence-electron chi connectivity index (χ3n) is 3.50. The van der Waals surface area contributed by atoms with Crippen molar-refractivity contribution >= 4 is 11.4 Å². The van der Waals surface area contributed by atoms with E-state index in [9.17, 15) is 10.1 Å². The number of rotatable bonds is 4. The van der Waals surface area contributed by atoms with E-state index in [0.29, 0.717) is 11.7 Å². The molecule has 1 aliphatic rings. The van der Waals surface area contributed by atoms with E-state index in [0.717, 1.165) is 19.4 Å². The summed E-state index contributed by atoms with van der Waals surface area (Å²) in [6.07, 6.45) is 2.07. The quantitative estimate of drug-likeness (QED) is 0.644. The number of hydrogen-bond acceptors (Lipinski definition) is 5. The third-order valence-corrected chi connectivity index (χ3v) is 3.50. The smallest absolute Gasteiger partial charge is 0.333 e. The Morgan fingerprint density at radius 1 is 1.53 bits per heavy atom. The normalized spacial score (nSPS) is 22.8. The fourth-order valence-electron chi connectivity index (χ4n) is 2.43. The van der Waals surface area contributed by atoms with E-state index in [2.05, 4.69) is 17.6 Å². The molecule has 1 aromatic carbocycles. The van der Waals surface area contributed by atoms with Gasteiger partial charge in [-0.05, 0) is 38.4 Å². The van der Waals surface area contributed by atoms with Crippen LogP contribution in [-0.2, 0) is 0 Å². The van der Waals surface area contributed by atoms with E-state index >= 15 is 0 Å². The Morgan fingerprint density at radius 3 is 2.95 bits per heavy atom. The van der Waals surface area contributed by atoms with E-state index in [4.69, 9.17) is 4.74 Å². The molecular formula is C13H19N3O3. The van der Waals surface area contributed by atoms with E-state index in [-0.39, 0.29) is 17.5 Å². The zero-order chi connectivity index (χ0) is 13.8. The number of nitro groups is 1. The summed E-state index contributed by atoms with van der Waals surface area (Å²) in [5, 5.41) is 17.8. The average Bonchev–Trinajstić information content (AvgIpc) is 2.40. The van der Waals surface area contributed by atoms with Gasteiger partial charge in [-0.2, -0.15) is 0 Å². The van der Waals surface area contributed by atoms with Crippen LogP contribution in [0.25, 0.3) is 0 Å². The Balaban J connectivity index is 2.26. The number of methoxy groups -OCH3 is 1. The molecule has 6 nitrogen and oxygen atoms in total. The molecule has 1 fully saturated rings. The molecule has 0 aromatic heterocycles. The number of nitrogens with zero attached hydrogens (tertiary/aromatic N) is 1. The second-order valence-electron chi connectivity index (χ2n) is 4.75. The molecule has 1 heterocycles. The lowest BCUT2D eigenvalue weighted by Crippen LogP contribution is -2.46. The summed E-state index contributed by atoms with van der Waals surface area (Å²) in [7, 11) is 1.44. The van der Waals surface area contributed by atoms with Crippen LogP contribution in [0.15, 0.2) is 18.2 Å². The van der Waals surface area contributed by atoms with Crippen molar-refractivity contribution in [3.8, 4) is 5.75 Å². The minimum absolute atomic E-state index is 0.00257. The summed E-state index contributed by atoms with van der Waals surface area (Å²) in [6.45, 7) is 3.09. The van der Waals surface area contributed by atoms with Crippen LogP contribution in [0.5, 0.6) is 5.75 Å². The first-order chi connectivity index (χ1) is 9.13. The molecular weight excluding hydrogens is 246 g/mol. The number of nitrogens with one attached hydrogen (secondary N) is 2. The standard InChI is InChI=1S/C13H19N3O3/c1-9-10(6-4-8-14-9)15-11-5-3-7-12(19-2)13(11)16(17)18/h3,5,7,9-10,14-15H,4,6,8H2,1-2H3. The highest BCUT2D eigenvalue weighted by molar-refractivity contribution is 5.68. The lowest BCUT2D eigenvalue weighted by Gasteiger charge is -2.31. The monoisotopic (exact) mass is 265 g/mol. The molecule has 1 saturated heterocycles. The minimum Gasteiger partial charge on any atom is -0.490 e. The molecule has 0 saturated carbocycles. The van der Waals surface area contributed by atoms with E-state index in [1.807, 2.05) is 0 Å². The third kappa shape index (κ3) is 2.96. The molecule has 2 atom stereocenters. The fraction of sp³-hybridized carbons (Fsp3) is 0.538. The van der Waals surface area contributed by atoms with Gasteiger partial charge in [0.05, 0.1) is 12.0 Å². The predicted octanol–water partition coefficient (Wildman–Crippen LogP) is 2.16. The van der Waals surface area contributed by atoms with Crippen molar-refractivity contribution in [2.45, 2.75) is 31.8 Å². The van der Waals surface area contributed by atoms with Crippen LogP contribution in [0.3, 0.4) is 0 Å². The Morgan fingerprint density at radius 2 is 2.32 bits per heavy atom. The first-order valence-corrected chi connectivity index (χ1v) is 6.44. The van der Waals surface area contributed by atoms with E-state index in [1.165, 1.54) is 7.11 Å². The van der Waals surface area contributed by atoms with Gasteiger partial charge in [0.15, 0.2) is 5.75 Å². The summed E-state index contributed by atoms with van der Waals surface area (Å²) < 4.78 is 5.07. The fourth-order valence-corrected chi connectivity index (χ4v) is 2.43. The highest BCUT2D eigenvalue weighted by Gasteiger charge is 2.26. The summed E-state index contributed by atoms with van der Waals surface area (Å²) in [4.78, 5) is 10.8. The van der Waals surface area contributed by atoms with Gasteiger partial charge >= 0.3 is 5.69 Å². The molecule has 2 rings (SSSR count). The number of hydrogen-bond donors (Lipinski definition) is 2. The second-order valence-corrected chi connectivity index (χ2v) is 4.75. The SMILES string of the molecule is COc1cccc(NC2CCCNC2C)c1[N+](=O)[O-]. The van der Waals surface area contributed by atoms with Crippen LogP contribution in [0, 0.1) is 10.1 Å². The summed E-state index contributed by atoms with van der Waals surface area (Å²) in [6, 6.07) is 5.57. The maximum Gasteiger partial charge on any atom is 0.333 e. The molecule has 104 valence electrons. The van der Waals surface area contributed by atoms with Gasteiger partial charge in [-0.3, -0.25) is 10.1 Å². The maximum atomic E-state index is 11.2. The summed E-state index contributed by atoms with van der Waals surface area (Å²) >= 11 is 0. The Hall–Kier alpha value is -1.82.